The standard InChI is InChI=1S/C10H8N2OS/c1-6-12-10-7(8(13)5-11)3-2-4-9(10)14-6/h2-4,8,13H,1H3. The second-order valence-electron chi connectivity index (χ2n) is 2.96. The molecular weight excluding hydrogens is 196 g/mol. The summed E-state index contributed by atoms with van der Waals surface area (Å²) in [5.41, 5.74) is 1.33. The number of nitrogens with zero attached hydrogens (tertiary/aromatic N) is 2. The average molecular weight is 204 g/mol. The molecule has 1 unspecified atom stereocenters. The summed E-state index contributed by atoms with van der Waals surface area (Å²) in [4.78, 5) is 4.29. The van der Waals surface area contributed by atoms with Crippen molar-refractivity contribution in [3.63, 3.8) is 0 Å². The summed E-state index contributed by atoms with van der Waals surface area (Å²) in [6, 6.07) is 7.30. The summed E-state index contributed by atoms with van der Waals surface area (Å²) >= 11 is 1.56. The van der Waals surface area contributed by atoms with Gasteiger partial charge in [-0.05, 0) is 13.0 Å². The number of nitriles is 1. The van der Waals surface area contributed by atoms with Gasteiger partial charge in [-0.2, -0.15) is 5.26 Å². The molecule has 2 aromatic rings. The molecule has 0 amide bonds. The molecule has 0 radical (unpaired) electrons. The highest BCUT2D eigenvalue weighted by Gasteiger charge is 2.12. The molecule has 3 nitrogen and oxygen atoms in total. The van der Waals surface area contributed by atoms with Crippen molar-refractivity contribution in [2.45, 2.75) is 13.0 Å². The van der Waals surface area contributed by atoms with Crippen LogP contribution in [0.5, 0.6) is 0 Å². The van der Waals surface area contributed by atoms with Crippen LogP contribution in [0.4, 0.5) is 0 Å². The van der Waals surface area contributed by atoms with Crippen LogP contribution in [0, 0.1) is 18.3 Å². The zero-order valence-corrected chi connectivity index (χ0v) is 8.38. The van der Waals surface area contributed by atoms with E-state index in [2.05, 4.69) is 4.98 Å². The zero-order chi connectivity index (χ0) is 10.1. The smallest absolute Gasteiger partial charge is 0.168 e. The molecular formula is C10H8N2OS. The van der Waals surface area contributed by atoms with Gasteiger partial charge in [-0.3, -0.25) is 0 Å². The van der Waals surface area contributed by atoms with E-state index < -0.39 is 6.10 Å². The van der Waals surface area contributed by atoms with Gasteiger partial charge in [-0.1, -0.05) is 12.1 Å². The van der Waals surface area contributed by atoms with Gasteiger partial charge in [0.25, 0.3) is 0 Å². The van der Waals surface area contributed by atoms with E-state index in [1.54, 1.807) is 23.5 Å². The highest BCUT2D eigenvalue weighted by atomic mass is 32.1. The van der Waals surface area contributed by atoms with Crippen LogP contribution < -0.4 is 0 Å². The number of thiazole rings is 1. The Bertz CT molecular complexity index is 512. The Hall–Kier alpha value is -1.44. The molecule has 0 saturated carbocycles. The van der Waals surface area contributed by atoms with E-state index in [1.165, 1.54) is 0 Å². The van der Waals surface area contributed by atoms with E-state index in [9.17, 15) is 5.11 Å². The number of aromatic nitrogens is 1. The average Bonchev–Trinajstić information content (AvgIpc) is 2.56. The molecule has 1 aromatic carbocycles. The van der Waals surface area contributed by atoms with Crippen LogP contribution in [0.2, 0.25) is 0 Å². The van der Waals surface area contributed by atoms with E-state index in [-0.39, 0.29) is 0 Å². The normalized spacial score (nSPS) is 12.6. The number of hydrogen-bond donors (Lipinski definition) is 1. The second kappa shape index (κ2) is 3.37. The summed E-state index contributed by atoms with van der Waals surface area (Å²) in [6.45, 7) is 1.91. The van der Waals surface area contributed by atoms with E-state index >= 15 is 0 Å². The van der Waals surface area contributed by atoms with Crippen LogP contribution in [0.3, 0.4) is 0 Å². The number of aryl methyl sites for hydroxylation is 1. The third kappa shape index (κ3) is 1.37. The molecule has 14 heavy (non-hydrogen) atoms. The largest absolute Gasteiger partial charge is 0.374 e. The van der Waals surface area contributed by atoms with Crippen molar-refractivity contribution in [2.24, 2.45) is 0 Å². The molecule has 0 aliphatic rings. The second-order valence-corrected chi connectivity index (χ2v) is 4.19. The van der Waals surface area contributed by atoms with Crippen LogP contribution in [-0.2, 0) is 0 Å². The minimum absolute atomic E-state index is 0.592. The molecule has 0 spiro atoms. The Morgan fingerprint density at radius 3 is 3.07 bits per heavy atom. The number of aliphatic hydroxyl groups is 1. The van der Waals surface area contributed by atoms with Gasteiger partial charge in [0.05, 0.1) is 21.3 Å². The molecule has 0 aliphatic heterocycles. The SMILES string of the molecule is Cc1nc2c(C(O)C#N)cccc2s1. The maximum absolute atomic E-state index is 9.44. The third-order valence-electron chi connectivity index (χ3n) is 1.97. The molecule has 0 aliphatic carbocycles. The van der Waals surface area contributed by atoms with Crippen LogP contribution in [0.25, 0.3) is 10.2 Å². The molecule has 0 fully saturated rings. The van der Waals surface area contributed by atoms with Gasteiger partial charge in [-0.25, -0.2) is 4.98 Å². The van der Waals surface area contributed by atoms with E-state index in [1.807, 2.05) is 19.1 Å². The van der Waals surface area contributed by atoms with Crippen LogP contribution in [0.15, 0.2) is 18.2 Å². The fourth-order valence-corrected chi connectivity index (χ4v) is 2.23. The van der Waals surface area contributed by atoms with Crippen LogP contribution in [-0.4, -0.2) is 10.1 Å². The Labute approximate surface area is 85.3 Å². The van der Waals surface area contributed by atoms with E-state index in [0.717, 1.165) is 15.2 Å². The Balaban J connectivity index is 2.71. The van der Waals surface area contributed by atoms with Crippen molar-refractivity contribution in [1.29, 1.82) is 5.26 Å². The number of aliphatic hydroxyl groups excluding tert-OH is 1. The van der Waals surface area contributed by atoms with Gasteiger partial charge in [0.2, 0.25) is 0 Å². The summed E-state index contributed by atoms with van der Waals surface area (Å²) < 4.78 is 1.01. The molecule has 0 saturated heterocycles. The molecule has 1 atom stereocenters. The van der Waals surface area contributed by atoms with E-state index in [4.69, 9.17) is 5.26 Å². The summed E-state index contributed by atoms with van der Waals surface area (Å²) in [5, 5.41) is 19.0. The lowest BCUT2D eigenvalue weighted by atomic mass is 10.1. The number of fused-ring (bicyclic) bond motifs is 1. The lowest BCUT2D eigenvalue weighted by Gasteiger charge is -2.01. The van der Waals surface area contributed by atoms with Gasteiger partial charge in [0.1, 0.15) is 0 Å². The monoisotopic (exact) mass is 204 g/mol. The molecule has 0 bridgehead atoms. The number of benzene rings is 1. The van der Waals surface area contributed by atoms with Crippen molar-refractivity contribution in [1.82, 2.24) is 4.98 Å². The predicted molar refractivity (Wildman–Crippen MR) is 54.9 cm³/mol. The maximum Gasteiger partial charge on any atom is 0.168 e. The van der Waals surface area contributed by atoms with Gasteiger partial charge >= 0.3 is 0 Å². The fourth-order valence-electron chi connectivity index (χ4n) is 1.37. The number of hydrogen-bond acceptors (Lipinski definition) is 4. The first-order valence-corrected chi connectivity index (χ1v) is 4.98. The van der Waals surface area contributed by atoms with Crippen LogP contribution >= 0.6 is 11.3 Å². The van der Waals surface area contributed by atoms with Gasteiger partial charge in [0.15, 0.2) is 6.10 Å². The summed E-state index contributed by atoms with van der Waals surface area (Å²) in [7, 11) is 0. The maximum atomic E-state index is 9.44. The van der Waals surface area contributed by atoms with Gasteiger partial charge in [0, 0.05) is 5.56 Å². The molecule has 1 aromatic heterocycles. The highest BCUT2D eigenvalue weighted by molar-refractivity contribution is 7.18. The number of rotatable bonds is 1. The van der Waals surface area contributed by atoms with Crippen molar-refractivity contribution in [2.75, 3.05) is 0 Å². The van der Waals surface area contributed by atoms with Crippen molar-refractivity contribution in [3.8, 4) is 6.07 Å². The van der Waals surface area contributed by atoms with Crippen molar-refractivity contribution >= 4 is 21.6 Å². The molecule has 4 heteroatoms. The first-order valence-electron chi connectivity index (χ1n) is 4.16. The Morgan fingerprint density at radius 2 is 2.36 bits per heavy atom. The molecule has 1 heterocycles. The first kappa shape index (κ1) is 9.13. The minimum atomic E-state index is -1.08. The lowest BCUT2D eigenvalue weighted by Crippen LogP contribution is -1.94. The van der Waals surface area contributed by atoms with Crippen molar-refractivity contribution in [3.05, 3.63) is 28.8 Å². The quantitative estimate of drug-likeness (QED) is 0.724. The Morgan fingerprint density at radius 1 is 1.57 bits per heavy atom. The fraction of sp³-hybridized carbons (Fsp3) is 0.200. The van der Waals surface area contributed by atoms with Gasteiger partial charge in [-0.15, -0.1) is 11.3 Å². The first-order chi connectivity index (χ1) is 6.72. The third-order valence-corrected chi connectivity index (χ3v) is 2.91. The highest BCUT2D eigenvalue weighted by Crippen LogP contribution is 2.27. The topological polar surface area (TPSA) is 56.9 Å². The van der Waals surface area contributed by atoms with Crippen LogP contribution in [0.1, 0.15) is 16.7 Å². The van der Waals surface area contributed by atoms with Crippen molar-refractivity contribution < 1.29 is 5.11 Å². The number of para-hydroxylation sites is 1. The van der Waals surface area contributed by atoms with E-state index in [0.29, 0.717) is 5.56 Å². The van der Waals surface area contributed by atoms with Gasteiger partial charge < -0.3 is 5.11 Å². The molecule has 2 rings (SSSR count). The zero-order valence-electron chi connectivity index (χ0n) is 7.56. The predicted octanol–water partition coefficient (Wildman–Crippen LogP) is 2.16. The summed E-state index contributed by atoms with van der Waals surface area (Å²) in [5.74, 6) is 0. The molecule has 1 N–H and O–H groups in total. The Kier molecular flexibility index (Phi) is 2.20. The minimum Gasteiger partial charge on any atom is -0.374 e. The lowest BCUT2D eigenvalue weighted by molar-refractivity contribution is 0.237. The molecule has 70 valence electrons. The summed E-state index contributed by atoms with van der Waals surface area (Å²) in [6.07, 6.45) is -1.08.